The molecule has 4 nitrogen and oxygen atoms in total. The Morgan fingerprint density at radius 3 is 2.45 bits per heavy atom. The Morgan fingerprint density at radius 1 is 1.03 bits per heavy atom. The number of carbonyl (C=O) groups excluding carboxylic acids is 1. The van der Waals surface area contributed by atoms with Crippen LogP contribution in [0.2, 0.25) is 0 Å². The summed E-state index contributed by atoms with van der Waals surface area (Å²) in [6.07, 6.45) is 9.80. The number of rotatable bonds is 4. The maximum absolute atomic E-state index is 11.6. The van der Waals surface area contributed by atoms with Gasteiger partial charge in [-0.25, -0.2) is 0 Å². The van der Waals surface area contributed by atoms with Gasteiger partial charge in [-0.2, -0.15) is 0 Å². The van der Waals surface area contributed by atoms with Gasteiger partial charge in [-0.3, -0.25) is 4.79 Å². The zero-order chi connectivity index (χ0) is 21.0. The van der Waals surface area contributed by atoms with Crippen LogP contribution in [0.5, 0.6) is 0 Å². The van der Waals surface area contributed by atoms with Gasteiger partial charge in [0.25, 0.3) is 0 Å². The number of fused-ring (bicyclic) bond motifs is 5. The smallest absolute Gasteiger partial charge is 0.305 e. The molecule has 0 amide bonds. The van der Waals surface area contributed by atoms with Crippen molar-refractivity contribution >= 4 is 5.97 Å². The van der Waals surface area contributed by atoms with Crippen LogP contribution in [0.25, 0.3) is 0 Å². The van der Waals surface area contributed by atoms with Crippen LogP contribution in [0.4, 0.5) is 0 Å². The average Bonchev–Trinajstić information content (AvgIpc) is 3.04. The predicted molar refractivity (Wildman–Crippen MR) is 113 cm³/mol. The standard InChI is InChI=1S/C25H42O4/c1-15(5-8-22(28)29-4)18-6-7-19-23-20(10-12-25(18,19)3)24(2)11-9-17(26)13-16(24)14-21(23)27/h15-21,23,26-27H,5-14H2,1-4H3. The van der Waals surface area contributed by atoms with E-state index in [9.17, 15) is 15.0 Å². The number of esters is 1. The zero-order valence-corrected chi connectivity index (χ0v) is 18.9. The Labute approximate surface area is 176 Å². The molecule has 0 spiro atoms. The highest BCUT2D eigenvalue weighted by Gasteiger charge is 2.62. The summed E-state index contributed by atoms with van der Waals surface area (Å²) in [5.74, 6) is 3.17. The first-order valence-electron chi connectivity index (χ1n) is 12.1. The third-order valence-corrected chi connectivity index (χ3v) is 10.4. The van der Waals surface area contributed by atoms with Crippen LogP contribution in [0.3, 0.4) is 0 Å². The molecule has 4 fully saturated rings. The summed E-state index contributed by atoms with van der Waals surface area (Å²) in [5.41, 5.74) is 0.577. The molecule has 0 radical (unpaired) electrons. The Kier molecular flexibility index (Phi) is 5.83. The molecule has 2 N–H and O–H groups in total. The highest BCUT2D eigenvalue weighted by molar-refractivity contribution is 5.69. The van der Waals surface area contributed by atoms with Gasteiger partial charge in [0.05, 0.1) is 19.3 Å². The molecule has 4 aliphatic carbocycles. The van der Waals surface area contributed by atoms with E-state index in [4.69, 9.17) is 4.74 Å². The number of hydrogen-bond donors (Lipinski definition) is 2. The number of aliphatic hydroxyl groups is 2. The van der Waals surface area contributed by atoms with Gasteiger partial charge in [0, 0.05) is 6.42 Å². The molecule has 0 aromatic rings. The molecule has 0 heterocycles. The van der Waals surface area contributed by atoms with Crippen molar-refractivity contribution in [3.63, 3.8) is 0 Å². The van der Waals surface area contributed by atoms with E-state index in [0.29, 0.717) is 47.3 Å². The summed E-state index contributed by atoms with van der Waals surface area (Å²) in [5, 5.41) is 21.5. The van der Waals surface area contributed by atoms with E-state index in [1.54, 1.807) is 0 Å². The molecule has 4 heteroatoms. The average molecular weight is 407 g/mol. The summed E-state index contributed by atoms with van der Waals surface area (Å²) in [6.45, 7) is 7.29. The second-order valence-electron chi connectivity index (χ2n) is 11.5. The largest absolute Gasteiger partial charge is 0.469 e. The Hall–Kier alpha value is -0.610. The van der Waals surface area contributed by atoms with Crippen LogP contribution in [-0.4, -0.2) is 35.5 Å². The van der Waals surface area contributed by atoms with E-state index in [-0.39, 0.29) is 23.6 Å². The van der Waals surface area contributed by atoms with Gasteiger partial charge >= 0.3 is 5.97 Å². The summed E-state index contributed by atoms with van der Waals surface area (Å²) >= 11 is 0. The number of aliphatic hydroxyl groups excluding tert-OH is 2. The Morgan fingerprint density at radius 2 is 1.72 bits per heavy atom. The molecular weight excluding hydrogens is 364 g/mol. The zero-order valence-electron chi connectivity index (χ0n) is 18.9. The Bertz CT molecular complexity index is 620. The fraction of sp³-hybridized carbons (Fsp3) is 0.960. The maximum Gasteiger partial charge on any atom is 0.305 e. The molecule has 0 saturated heterocycles. The minimum atomic E-state index is -0.211. The maximum atomic E-state index is 11.6. The predicted octanol–water partition coefficient (Wildman–Crippen LogP) is 4.57. The monoisotopic (exact) mass is 406 g/mol. The molecule has 0 aliphatic heterocycles. The normalized spacial score (nSPS) is 50.2. The van der Waals surface area contributed by atoms with Crippen molar-refractivity contribution in [3.05, 3.63) is 0 Å². The van der Waals surface area contributed by atoms with E-state index in [1.165, 1.54) is 32.8 Å². The van der Waals surface area contributed by atoms with Gasteiger partial charge in [-0.05, 0) is 104 Å². The lowest BCUT2D eigenvalue weighted by molar-refractivity contribution is -0.174. The van der Waals surface area contributed by atoms with Crippen LogP contribution in [0, 0.1) is 46.3 Å². The van der Waals surface area contributed by atoms with E-state index >= 15 is 0 Å². The number of hydrogen-bond acceptors (Lipinski definition) is 4. The van der Waals surface area contributed by atoms with Gasteiger partial charge in [-0.15, -0.1) is 0 Å². The number of carbonyl (C=O) groups is 1. The molecule has 4 saturated carbocycles. The summed E-state index contributed by atoms with van der Waals surface area (Å²) in [7, 11) is 1.48. The molecule has 10 atom stereocenters. The highest BCUT2D eigenvalue weighted by atomic mass is 16.5. The van der Waals surface area contributed by atoms with Crippen molar-refractivity contribution in [2.75, 3.05) is 7.11 Å². The first kappa shape index (κ1) is 21.6. The fourth-order valence-corrected chi connectivity index (χ4v) is 8.82. The van der Waals surface area contributed by atoms with Crippen molar-refractivity contribution in [2.45, 2.75) is 97.2 Å². The Balaban J connectivity index is 1.53. The van der Waals surface area contributed by atoms with Crippen molar-refractivity contribution in [2.24, 2.45) is 46.3 Å². The lowest BCUT2D eigenvalue weighted by Crippen LogP contribution is -2.58. The highest BCUT2D eigenvalue weighted by Crippen LogP contribution is 2.68. The van der Waals surface area contributed by atoms with Crippen LogP contribution in [0.15, 0.2) is 0 Å². The molecule has 4 rings (SSSR count). The number of methoxy groups -OCH3 is 1. The molecule has 0 aromatic carbocycles. The van der Waals surface area contributed by atoms with Gasteiger partial charge in [0.1, 0.15) is 0 Å². The second-order valence-corrected chi connectivity index (χ2v) is 11.5. The third-order valence-electron chi connectivity index (χ3n) is 10.4. The van der Waals surface area contributed by atoms with Crippen LogP contribution in [0.1, 0.15) is 85.0 Å². The molecular formula is C25H42O4. The minimum absolute atomic E-state index is 0.0959. The van der Waals surface area contributed by atoms with Crippen molar-refractivity contribution < 1.29 is 19.7 Å². The lowest BCUT2D eigenvalue weighted by Gasteiger charge is -2.62. The minimum Gasteiger partial charge on any atom is -0.469 e. The van der Waals surface area contributed by atoms with Crippen molar-refractivity contribution in [1.29, 1.82) is 0 Å². The summed E-state index contributed by atoms with van der Waals surface area (Å²) in [4.78, 5) is 11.6. The number of ether oxygens (including phenoxy) is 1. The molecule has 0 bridgehead atoms. The molecule has 4 aliphatic rings. The molecule has 0 aromatic heterocycles. The van der Waals surface area contributed by atoms with Gasteiger partial charge in [0.15, 0.2) is 0 Å². The lowest BCUT2D eigenvalue weighted by atomic mass is 9.43. The SMILES string of the molecule is COC(=O)CCC(C)C1CCC2C3C(O)CC4CC(O)CCC4(C)C3CCC12C. The van der Waals surface area contributed by atoms with E-state index in [1.807, 2.05) is 0 Å². The van der Waals surface area contributed by atoms with Crippen LogP contribution < -0.4 is 0 Å². The van der Waals surface area contributed by atoms with Crippen molar-refractivity contribution in [3.8, 4) is 0 Å². The van der Waals surface area contributed by atoms with E-state index in [0.717, 1.165) is 32.1 Å². The quantitative estimate of drug-likeness (QED) is 0.671. The molecule has 29 heavy (non-hydrogen) atoms. The molecule has 166 valence electrons. The fourth-order valence-electron chi connectivity index (χ4n) is 8.82. The molecule has 10 unspecified atom stereocenters. The third kappa shape index (κ3) is 3.46. The van der Waals surface area contributed by atoms with Crippen LogP contribution >= 0.6 is 0 Å². The first-order valence-corrected chi connectivity index (χ1v) is 12.1. The van der Waals surface area contributed by atoms with E-state index in [2.05, 4.69) is 20.8 Å². The van der Waals surface area contributed by atoms with Gasteiger partial charge in [-0.1, -0.05) is 20.8 Å². The van der Waals surface area contributed by atoms with Gasteiger partial charge in [0.2, 0.25) is 0 Å². The summed E-state index contributed by atoms with van der Waals surface area (Å²) < 4.78 is 4.86. The van der Waals surface area contributed by atoms with E-state index < -0.39 is 0 Å². The first-order chi connectivity index (χ1) is 13.7. The van der Waals surface area contributed by atoms with Crippen molar-refractivity contribution in [1.82, 2.24) is 0 Å². The van der Waals surface area contributed by atoms with Crippen LogP contribution in [-0.2, 0) is 9.53 Å². The summed E-state index contributed by atoms with van der Waals surface area (Å²) in [6, 6.07) is 0. The van der Waals surface area contributed by atoms with Gasteiger partial charge < -0.3 is 14.9 Å². The topological polar surface area (TPSA) is 66.8 Å². The second kappa shape index (κ2) is 7.82.